The third-order valence-corrected chi connectivity index (χ3v) is 3.38. The van der Waals surface area contributed by atoms with Gasteiger partial charge in [-0.15, -0.1) is 10.2 Å². The summed E-state index contributed by atoms with van der Waals surface area (Å²) in [6, 6.07) is 7.61. The highest BCUT2D eigenvalue weighted by atomic mass is 16.4. The van der Waals surface area contributed by atoms with E-state index >= 15 is 0 Å². The minimum Gasteiger partial charge on any atom is -0.480 e. The third kappa shape index (κ3) is 4.12. The van der Waals surface area contributed by atoms with E-state index in [1.165, 1.54) is 4.80 Å². The highest BCUT2D eigenvalue weighted by molar-refractivity contribution is 5.85. The van der Waals surface area contributed by atoms with Gasteiger partial charge in [0.15, 0.2) is 0 Å². The van der Waals surface area contributed by atoms with Crippen LogP contribution in [0.5, 0.6) is 0 Å². The zero-order valence-electron chi connectivity index (χ0n) is 13.0. The molecule has 1 aromatic heterocycles. The standard InChI is InChI=1S/C15H19N5O3/c1-3-7-12(15(22)23)16-14(21)10(2)20-18-13(17-19-20)11-8-5-4-6-9-11/h4-6,8-10,12H,3,7H2,1-2H3,(H,16,21)(H,22,23). The van der Waals surface area contributed by atoms with Gasteiger partial charge in [0.25, 0.3) is 0 Å². The van der Waals surface area contributed by atoms with Crippen molar-refractivity contribution in [2.75, 3.05) is 0 Å². The van der Waals surface area contributed by atoms with Crippen LogP contribution in [0.1, 0.15) is 32.7 Å². The van der Waals surface area contributed by atoms with Crippen molar-refractivity contribution in [1.29, 1.82) is 0 Å². The van der Waals surface area contributed by atoms with Crippen LogP contribution in [0.3, 0.4) is 0 Å². The smallest absolute Gasteiger partial charge is 0.326 e. The number of amides is 1. The molecule has 2 aromatic rings. The minimum absolute atomic E-state index is 0.369. The summed E-state index contributed by atoms with van der Waals surface area (Å²) in [5.41, 5.74) is 0.792. The number of nitrogens with one attached hydrogen (secondary N) is 1. The van der Waals surface area contributed by atoms with E-state index in [-0.39, 0.29) is 0 Å². The summed E-state index contributed by atoms with van der Waals surface area (Å²) in [4.78, 5) is 24.5. The van der Waals surface area contributed by atoms with E-state index in [0.29, 0.717) is 18.7 Å². The van der Waals surface area contributed by atoms with E-state index in [1.807, 2.05) is 37.3 Å². The monoisotopic (exact) mass is 317 g/mol. The average Bonchev–Trinajstić information content (AvgIpc) is 3.04. The SMILES string of the molecule is CCCC(NC(=O)C(C)n1nnc(-c2ccccc2)n1)C(=O)O. The molecule has 2 unspecified atom stereocenters. The highest BCUT2D eigenvalue weighted by Gasteiger charge is 2.24. The first kappa shape index (κ1) is 16.6. The molecule has 0 bridgehead atoms. The number of hydrogen-bond donors (Lipinski definition) is 2. The van der Waals surface area contributed by atoms with Crippen molar-refractivity contribution in [2.45, 2.75) is 38.8 Å². The normalized spacial score (nSPS) is 13.3. The molecule has 0 spiro atoms. The van der Waals surface area contributed by atoms with Gasteiger partial charge >= 0.3 is 5.97 Å². The largest absolute Gasteiger partial charge is 0.480 e. The first-order valence-electron chi connectivity index (χ1n) is 7.41. The van der Waals surface area contributed by atoms with Crippen LogP contribution in [0.4, 0.5) is 0 Å². The van der Waals surface area contributed by atoms with Gasteiger partial charge in [-0.3, -0.25) is 4.79 Å². The summed E-state index contributed by atoms with van der Waals surface area (Å²) in [5, 5.41) is 23.6. The molecule has 122 valence electrons. The highest BCUT2D eigenvalue weighted by Crippen LogP contribution is 2.13. The number of carbonyl (C=O) groups is 2. The molecule has 23 heavy (non-hydrogen) atoms. The number of tetrazole rings is 1. The lowest BCUT2D eigenvalue weighted by Crippen LogP contribution is -2.43. The summed E-state index contributed by atoms with van der Waals surface area (Å²) in [7, 11) is 0. The van der Waals surface area contributed by atoms with Crippen molar-refractivity contribution < 1.29 is 14.7 Å². The van der Waals surface area contributed by atoms with Gasteiger partial charge in [0.1, 0.15) is 12.1 Å². The van der Waals surface area contributed by atoms with Crippen molar-refractivity contribution in [3.63, 3.8) is 0 Å². The van der Waals surface area contributed by atoms with Crippen molar-refractivity contribution in [1.82, 2.24) is 25.5 Å². The number of hydrogen-bond acceptors (Lipinski definition) is 5. The fraction of sp³-hybridized carbons (Fsp3) is 0.400. The summed E-state index contributed by atoms with van der Waals surface area (Å²) in [6.07, 6.45) is 1.03. The summed E-state index contributed by atoms with van der Waals surface area (Å²) in [6.45, 7) is 3.45. The topological polar surface area (TPSA) is 110 Å². The van der Waals surface area contributed by atoms with E-state index in [9.17, 15) is 9.59 Å². The van der Waals surface area contributed by atoms with Gasteiger partial charge in [0.2, 0.25) is 11.7 Å². The molecular formula is C15H19N5O3. The van der Waals surface area contributed by atoms with Crippen molar-refractivity contribution in [3.8, 4) is 11.4 Å². The summed E-state index contributed by atoms with van der Waals surface area (Å²) >= 11 is 0. The maximum atomic E-state index is 12.2. The second-order valence-electron chi connectivity index (χ2n) is 5.16. The van der Waals surface area contributed by atoms with Crippen LogP contribution < -0.4 is 5.32 Å². The van der Waals surface area contributed by atoms with Crippen molar-refractivity contribution in [3.05, 3.63) is 30.3 Å². The first-order valence-corrected chi connectivity index (χ1v) is 7.41. The van der Waals surface area contributed by atoms with Gasteiger partial charge in [0, 0.05) is 5.56 Å². The van der Waals surface area contributed by atoms with E-state index in [4.69, 9.17) is 5.11 Å². The maximum Gasteiger partial charge on any atom is 0.326 e. The number of nitrogens with zero attached hydrogens (tertiary/aromatic N) is 4. The predicted octanol–water partition coefficient (Wildman–Crippen LogP) is 1.27. The zero-order chi connectivity index (χ0) is 16.8. The van der Waals surface area contributed by atoms with Gasteiger partial charge in [0.05, 0.1) is 0 Å². The number of aliphatic carboxylic acids is 1. The molecule has 0 aliphatic carbocycles. The van der Waals surface area contributed by atoms with E-state index in [1.54, 1.807) is 6.92 Å². The zero-order valence-corrected chi connectivity index (χ0v) is 13.0. The molecule has 8 nitrogen and oxygen atoms in total. The maximum absolute atomic E-state index is 12.2. The summed E-state index contributed by atoms with van der Waals surface area (Å²) < 4.78 is 0. The molecule has 0 radical (unpaired) electrons. The first-order chi connectivity index (χ1) is 11.0. The Morgan fingerprint density at radius 1 is 1.30 bits per heavy atom. The predicted molar refractivity (Wildman–Crippen MR) is 82.4 cm³/mol. The molecule has 1 amide bonds. The quantitative estimate of drug-likeness (QED) is 0.795. The van der Waals surface area contributed by atoms with Crippen LogP contribution >= 0.6 is 0 Å². The number of benzene rings is 1. The van der Waals surface area contributed by atoms with Crippen LogP contribution in [0.25, 0.3) is 11.4 Å². The van der Waals surface area contributed by atoms with Crippen LogP contribution in [0.2, 0.25) is 0 Å². The van der Waals surface area contributed by atoms with Crippen LogP contribution in [0, 0.1) is 0 Å². The molecule has 0 fully saturated rings. The lowest BCUT2D eigenvalue weighted by molar-refractivity contribution is -0.142. The molecular weight excluding hydrogens is 298 g/mol. The second kappa shape index (κ2) is 7.48. The Labute approximate surface area is 133 Å². The molecule has 0 saturated carbocycles. The molecule has 2 atom stereocenters. The Hall–Kier alpha value is -2.77. The van der Waals surface area contributed by atoms with Crippen molar-refractivity contribution >= 4 is 11.9 Å². The van der Waals surface area contributed by atoms with Gasteiger partial charge in [-0.2, -0.15) is 4.80 Å². The Kier molecular flexibility index (Phi) is 5.40. The molecule has 0 saturated heterocycles. The van der Waals surface area contributed by atoms with E-state index < -0.39 is 24.0 Å². The van der Waals surface area contributed by atoms with Crippen LogP contribution in [0.15, 0.2) is 30.3 Å². The second-order valence-corrected chi connectivity index (χ2v) is 5.16. The van der Waals surface area contributed by atoms with Gasteiger partial charge in [-0.1, -0.05) is 43.7 Å². The van der Waals surface area contributed by atoms with Crippen molar-refractivity contribution in [2.24, 2.45) is 0 Å². The molecule has 1 aromatic carbocycles. The summed E-state index contributed by atoms with van der Waals surface area (Å²) in [5.74, 6) is -1.10. The molecule has 0 aliphatic rings. The van der Waals surface area contributed by atoms with Gasteiger partial charge in [-0.25, -0.2) is 4.79 Å². The fourth-order valence-corrected chi connectivity index (χ4v) is 2.04. The Morgan fingerprint density at radius 2 is 2.00 bits per heavy atom. The van der Waals surface area contributed by atoms with Crippen LogP contribution in [-0.4, -0.2) is 43.2 Å². The van der Waals surface area contributed by atoms with E-state index in [0.717, 1.165) is 5.56 Å². The molecule has 2 N–H and O–H groups in total. The third-order valence-electron chi connectivity index (χ3n) is 3.38. The number of aromatic nitrogens is 4. The molecule has 1 heterocycles. The number of carbonyl (C=O) groups excluding carboxylic acids is 1. The van der Waals surface area contributed by atoms with Gasteiger partial charge in [-0.05, 0) is 18.6 Å². The number of carboxylic acid groups (broad SMARTS) is 1. The van der Waals surface area contributed by atoms with Crippen LogP contribution in [-0.2, 0) is 9.59 Å². The minimum atomic E-state index is -1.05. The lowest BCUT2D eigenvalue weighted by atomic mass is 10.1. The fourth-order valence-electron chi connectivity index (χ4n) is 2.04. The number of carboxylic acids is 1. The Bertz CT molecular complexity index is 671. The molecule has 8 heteroatoms. The van der Waals surface area contributed by atoms with Gasteiger partial charge < -0.3 is 10.4 Å². The molecule has 0 aliphatic heterocycles. The van der Waals surface area contributed by atoms with E-state index in [2.05, 4.69) is 20.7 Å². The lowest BCUT2D eigenvalue weighted by Gasteiger charge is -2.16. The number of rotatable bonds is 7. The Morgan fingerprint density at radius 3 is 2.61 bits per heavy atom. The molecule has 2 rings (SSSR count). The average molecular weight is 317 g/mol. The Balaban J connectivity index is 2.08.